The van der Waals surface area contributed by atoms with Gasteiger partial charge in [-0.1, -0.05) is 18.1 Å². The Kier molecular flexibility index (Phi) is 7.74. The number of phenols is 2. The van der Waals surface area contributed by atoms with Crippen molar-refractivity contribution >= 4 is 17.7 Å². The van der Waals surface area contributed by atoms with E-state index in [0.717, 1.165) is 31.2 Å². The Bertz CT molecular complexity index is 2180. The molecule has 0 radical (unpaired) electrons. The number of phenolic OH excluding ortho intramolecular Hbond substituents is 2. The van der Waals surface area contributed by atoms with E-state index in [1.54, 1.807) is 24.3 Å². The number of nitrogens with zero attached hydrogens (tertiary/aromatic N) is 1. The minimum Gasteiger partial charge on any atom is -0.508 e. The fourth-order valence-electron chi connectivity index (χ4n) is 10.2. The first-order valence-corrected chi connectivity index (χ1v) is 18.1. The number of nitrogens with two attached hydrogens (primary N) is 1. The van der Waals surface area contributed by atoms with E-state index in [2.05, 4.69) is 12.1 Å². The van der Waals surface area contributed by atoms with Crippen molar-refractivity contribution in [3.63, 3.8) is 0 Å². The SMILES string of the molecule is C[C@]12CC[C@@H]3c4ccc(OC(=O)CON=C5C=CC6=C(C5)C5(OC6=O)c6ccc(O)cc6Oc6c5ccc(O)c6CN)cc4CC[C@H]3[C@@H]1C[C@@H](O)[C@@H]2O. The molecule has 3 aromatic rings. The van der Waals surface area contributed by atoms with Gasteiger partial charge in [-0.05, 0) is 115 Å². The molecule has 6 aliphatic rings. The number of fused-ring (bicyclic) bond motifs is 10. The van der Waals surface area contributed by atoms with Gasteiger partial charge in [0.05, 0.1) is 29.1 Å². The average Bonchev–Trinajstić information content (AvgIpc) is 3.56. The number of benzene rings is 3. The predicted molar refractivity (Wildman–Crippen MR) is 189 cm³/mol. The number of aliphatic hydroxyl groups excluding tert-OH is 2. The lowest BCUT2D eigenvalue weighted by molar-refractivity contribution is -0.145. The van der Waals surface area contributed by atoms with Crippen molar-refractivity contribution in [2.45, 2.75) is 75.7 Å². The lowest BCUT2D eigenvalue weighted by Crippen LogP contribution is -2.44. The number of esters is 2. The third kappa shape index (κ3) is 5.03. The van der Waals surface area contributed by atoms with Gasteiger partial charge in [0, 0.05) is 35.7 Å². The maximum Gasteiger partial charge on any atom is 0.352 e. The van der Waals surface area contributed by atoms with E-state index in [1.165, 1.54) is 23.8 Å². The van der Waals surface area contributed by atoms with Gasteiger partial charge in [-0.2, -0.15) is 0 Å². The molecule has 0 amide bonds. The van der Waals surface area contributed by atoms with Gasteiger partial charge in [-0.25, -0.2) is 9.59 Å². The monoisotopic (exact) mass is 720 g/mol. The molecule has 12 heteroatoms. The van der Waals surface area contributed by atoms with Gasteiger partial charge in [0.2, 0.25) is 6.61 Å². The zero-order valence-corrected chi connectivity index (χ0v) is 29.1. The molecule has 9 rings (SSSR count). The number of hydrogen-bond donors (Lipinski definition) is 5. The van der Waals surface area contributed by atoms with Crippen LogP contribution in [0.3, 0.4) is 0 Å². The quantitative estimate of drug-likeness (QED) is 0.137. The van der Waals surface area contributed by atoms with Crippen molar-refractivity contribution in [2.75, 3.05) is 6.61 Å². The zero-order chi connectivity index (χ0) is 36.8. The fraction of sp³-hybridized carbons (Fsp3) is 0.390. The molecule has 1 unspecified atom stereocenters. The van der Waals surface area contributed by atoms with Crippen LogP contribution in [0.15, 0.2) is 77.0 Å². The molecule has 274 valence electrons. The number of carbonyl (C=O) groups excluding carboxylic acids is 2. The van der Waals surface area contributed by atoms with Gasteiger partial charge in [0.15, 0.2) is 5.60 Å². The summed E-state index contributed by atoms with van der Waals surface area (Å²) in [4.78, 5) is 31.8. The second-order valence-corrected chi connectivity index (χ2v) is 15.3. The maximum atomic E-state index is 13.4. The molecule has 12 nitrogen and oxygen atoms in total. The van der Waals surface area contributed by atoms with Crippen molar-refractivity contribution in [1.82, 2.24) is 0 Å². The fourth-order valence-corrected chi connectivity index (χ4v) is 10.2. The van der Waals surface area contributed by atoms with Gasteiger partial charge in [-0.15, -0.1) is 0 Å². The summed E-state index contributed by atoms with van der Waals surface area (Å²) in [5, 5.41) is 46.3. The molecule has 4 aliphatic carbocycles. The van der Waals surface area contributed by atoms with Crippen molar-refractivity contribution in [2.24, 2.45) is 28.1 Å². The number of aromatic hydroxyl groups is 2. The highest BCUT2D eigenvalue weighted by molar-refractivity contribution is 6.07. The highest BCUT2D eigenvalue weighted by atomic mass is 16.7. The minimum absolute atomic E-state index is 0.0560. The van der Waals surface area contributed by atoms with Crippen molar-refractivity contribution in [1.29, 1.82) is 0 Å². The third-order valence-electron chi connectivity index (χ3n) is 12.7. The van der Waals surface area contributed by atoms with E-state index in [1.807, 2.05) is 18.2 Å². The maximum absolute atomic E-state index is 13.4. The molecule has 0 aromatic heterocycles. The number of hydrogen-bond acceptors (Lipinski definition) is 12. The Balaban J connectivity index is 0.906. The number of carbonyl (C=O) groups is 2. The largest absolute Gasteiger partial charge is 0.508 e. The lowest BCUT2D eigenvalue weighted by atomic mass is 9.55. The number of aliphatic hydroxyl groups is 2. The normalized spacial score (nSPS) is 31.1. The number of allylic oxidation sites excluding steroid dienone is 1. The molecule has 0 saturated heterocycles. The smallest absolute Gasteiger partial charge is 0.352 e. The van der Waals surface area contributed by atoms with E-state index >= 15 is 0 Å². The summed E-state index contributed by atoms with van der Waals surface area (Å²) in [6, 6.07) is 13.4. The molecule has 2 heterocycles. The van der Waals surface area contributed by atoms with Crippen LogP contribution in [0.25, 0.3) is 0 Å². The van der Waals surface area contributed by atoms with Crippen molar-refractivity contribution in [3.8, 4) is 28.7 Å². The third-order valence-corrected chi connectivity index (χ3v) is 12.7. The van der Waals surface area contributed by atoms with Crippen LogP contribution >= 0.6 is 0 Å². The number of aryl methyl sites for hydroxylation is 1. The summed E-state index contributed by atoms with van der Waals surface area (Å²) in [6.07, 6.45) is 6.25. The van der Waals surface area contributed by atoms with Crippen LogP contribution in [0.2, 0.25) is 0 Å². The van der Waals surface area contributed by atoms with Crippen LogP contribution in [0, 0.1) is 17.3 Å². The van der Waals surface area contributed by atoms with Crippen LogP contribution in [0.4, 0.5) is 0 Å². The molecule has 1 spiro atoms. The molecule has 2 aliphatic heterocycles. The Morgan fingerprint density at radius 3 is 2.72 bits per heavy atom. The zero-order valence-electron chi connectivity index (χ0n) is 29.1. The highest BCUT2D eigenvalue weighted by Crippen LogP contribution is 2.62. The highest BCUT2D eigenvalue weighted by Gasteiger charge is 2.58. The summed E-state index contributed by atoms with van der Waals surface area (Å²) in [5.74, 6) is 0.603. The molecular weight excluding hydrogens is 680 g/mol. The average molecular weight is 721 g/mol. The van der Waals surface area contributed by atoms with Gasteiger partial charge >= 0.3 is 11.9 Å². The standard InChI is InChI=1S/C41H40N2O10/c1-40-13-12-25-24-8-5-23(14-20(24)2-6-26(25)31(40)17-34(46)38(40)48)51-36(47)19-50-43-21-3-7-27-32(15-21)41(53-39(27)49)29-9-4-22(44)16-35(29)52-37-28(18-42)33(45)11-10-30(37)41/h3-5,7-11,14,16,25-26,31,34,38,44-46,48H,2,6,12-13,15,17-19,42H2,1H3/t25-,26-,31+,34-,38+,40+,41?/m1/s1. The predicted octanol–water partition coefficient (Wildman–Crippen LogP) is 4.89. The topological polar surface area (TPSA) is 190 Å². The number of ether oxygens (including phenoxy) is 3. The molecule has 2 saturated carbocycles. The molecule has 6 N–H and O–H groups in total. The van der Waals surface area contributed by atoms with Crippen LogP contribution in [-0.4, -0.2) is 56.9 Å². The Morgan fingerprint density at radius 1 is 1.06 bits per heavy atom. The molecule has 53 heavy (non-hydrogen) atoms. The molecule has 2 fully saturated rings. The van der Waals surface area contributed by atoms with E-state index in [4.69, 9.17) is 24.8 Å². The Hall–Kier alpha value is -5.17. The second kappa shape index (κ2) is 12.2. The van der Waals surface area contributed by atoms with Gasteiger partial charge in [-0.3, -0.25) is 0 Å². The Morgan fingerprint density at radius 2 is 1.89 bits per heavy atom. The Labute approximate surface area is 305 Å². The van der Waals surface area contributed by atoms with E-state index < -0.39 is 36.4 Å². The summed E-state index contributed by atoms with van der Waals surface area (Å²) < 4.78 is 18.0. The van der Waals surface area contributed by atoms with Gasteiger partial charge in [0.25, 0.3) is 0 Å². The van der Waals surface area contributed by atoms with E-state index in [0.29, 0.717) is 57.6 Å². The number of oxime groups is 1. The molecule has 3 aromatic carbocycles. The molecule has 0 bridgehead atoms. The van der Waals surface area contributed by atoms with Crippen molar-refractivity contribution in [3.05, 3.63) is 99.6 Å². The summed E-state index contributed by atoms with van der Waals surface area (Å²) >= 11 is 0. The van der Waals surface area contributed by atoms with Crippen LogP contribution in [0.1, 0.15) is 72.8 Å². The van der Waals surface area contributed by atoms with Crippen molar-refractivity contribution < 1.29 is 49.1 Å². The second-order valence-electron chi connectivity index (χ2n) is 15.3. The van der Waals surface area contributed by atoms with Crippen LogP contribution < -0.4 is 15.2 Å². The first-order chi connectivity index (χ1) is 25.5. The lowest BCUT2D eigenvalue weighted by Gasteiger charge is -2.49. The van der Waals surface area contributed by atoms with Gasteiger partial charge in [0.1, 0.15) is 28.7 Å². The first-order valence-electron chi connectivity index (χ1n) is 18.1. The van der Waals surface area contributed by atoms with Crippen LogP contribution in [-0.2, 0) is 37.7 Å². The van der Waals surface area contributed by atoms with E-state index in [9.17, 15) is 30.0 Å². The minimum atomic E-state index is -1.46. The summed E-state index contributed by atoms with van der Waals surface area (Å²) in [7, 11) is 0. The summed E-state index contributed by atoms with van der Waals surface area (Å²) in [5.41, 5.74) is 9.26. The van der Waals surface area contributed by atoms with E-state index in [-0.39, 0.29) is 47.3 Å². The molecular formula is C41H40N2O10. The molecule has 7 atom stereocenters. The summed E-state index contributed by atoms with van der Waals surface area (Å²) in [6.45, 7) is 1.62. The van der Waals surface area contributed by atoms with Crippen LogP contribution in [0.5, 0.6) is 28.7 Å². The first kappa shape index (κ1) is 33.7. The van der Waals surface area contributed by atoms with Gasteiger partial charge < -0.3 is 45.2 Å². The number of rotatable bonds is 5.